The lowest BCUT2D eigenvalue weighted by atomic mass is 10.0. The normalized spacial score (nSPS) is 22.8. The van der Waals surface area contributed by atoms with E-state index in [0.717, 1.165) is 12.8 Å². The average molecular weight is 148 g/mol. The van der Waals surface area contributed by atoms with E-state index in [2.05, 4.69) is 6.58 Å². The van der Waals surface area contributed by atoms with Gasteiger partial charge in [0.15, 0.2) is 0 Å². The van der Waals surface area contributed by atoms with Gasteiger partial charge in [-0.1, -0.05) is 18.9 Å². The number of hydrogen-bond donors (Lipinski definition) is 1. The van der Waals surface area contributed by atoms with Gasteiger partial charge in [-0.25, -0.2) is 0 Å². The van der Waals surface area contributed by atoms with E-state index in [1.807, 2.05) is 6.08 Å². The molecule has 0 saturated heterocycles. The zero-order valence-corrected chi connectivity index (χ0v) is 6.41. The Hall–Kier alpha value is -0.0100. The monoisotopic (exact) mass is 147 g/mol. The van der Waals surface area contributed by atoms with Crippen LogP contribution < -0.4 is 5.73 Å². The Bertz CT molecular complexity index is 95.1. The molecule has 0 aromatic carbocycles. The molecule has 0 unspecified atom stereocenters. The summed E-state index contributed by atoms with van der Waals surface area (Å²) in [5.41, 5.74) is 5.84. The van der Waals surface area contributed by atoms with Gasteiger partial charge < -0.3 is 5.73 Å². The van der Waals surface area contributed by atoms with Crippen molar-refractivity contribution < 1.29 is 0 Å². The minimum Gasteiger partial charge on any atom is -0.322 e. The predicted octanol–water partition coefficient (Wildman–Crippen LogP) is 1.87. The summed E-state index contributed by atoms with van der Waals surface area (Å²) in [7, 11) is 0. The van der Waals surface area contributed by atoms with Gasteiger partial charge in [0.1, 0.15) is 0 Å². The summed E-state index contributed by atoms with van der Waals surface area (Å²) in [4.78, 5) is 0. The van der Waals surface area contributed by atoms with E-state index in [0.29, 0.717) is 0 Å². The number of halogens is 1. The highest BCUT2D eigenvalue weighted by atomic mass is 35.5. The predicted molar refractivity (Wildman–Crippen MR) is 42.8 cm³/mol. The molecule has 0 aromatic rings. The van der Waals surface area contributed by atoms with Crippen molar-refractivity contribution in [2.24, 2.45) is 5.73 Å². The van der Waals surface area contributed by atoms with E-state index in [-0.39, 0.29) is 17.9 Å². The van der Waals surface area contributed by atoms with Crippen LogP contribution in [0, 0.1) is 0 Å². The number of rotatable bonds is 1. The largest absolute Gasteiger partial charge is 0.322 e. The summed E-state index contributed by atoms with van der Waals surface area (Å²) < 4.78 is 0. The van der Waals surface area contributed by atoms with Crippen LogP contribution in [0.15, 0.2) is 12.7 Å². The molecule has 0 heterocycles. The Labute approximate surface area is 62.7 Å². The zero-order valence-electron chi connectivity index (χ0n) is 5.60. The molecular formula is C7H14ClN. The summed E-state index contributed by atoms with van der Waals surface area (Å²) in [6.45, 7) is 3.69. The van der Waals surface area contributed by atoms with E-state index in [9.17, 15) is 0 Å². The molecule has 0 aromatic heterocycles. The first-order valence-corrected chi connectivity index (χ1v) is 3.19. The molecule has 1 rings (SSSR count). The van der Waals surface area contributed by atoms with Crippen LogP contribution >= 0.6 is 12.4 Å². The third-order valence-electron chi connectivity index (χ3n) is 1.94. The fraction of sp³-hybridized carbons (Fsp3) is 0.714. The van der Waals surface area contributed by atoms with Gasteiger partial charge in [0.25, 0.3) is 0 Å². The molecule has 0 spiro atoms. The second-order valence-corrected chi connectivity index (χ2v) is 2.64. The highest BCUT2D eigenvalue weighted by Crippen LogP contribution is 2.27. The van der Waals surface area contributed by atoms with E-state index >= 15 is 0 Å². The molecular weight excluding hydrogens is 134 g/mol. The molecule has 2 heteroatoms. The van der Waals surface area contributed by atoms with Crippen molar-refractivity contribution in [1.29, 1.82) is 0 Å². The first-order valence-electron chi connectivity index (χ1n) is 3.19. The second-order valence-electron chi connectivity index (χ2n) is 2.64. The average Bonchev–Trinajstić information content (AvgIpc) is 2.17. The van der Waals surface area contributed by atoms with Crippen LogP contribution in [-0.2, 0) is 0 Å². The third-order valence-corrected chi connectivity index (χ3v) is 1.94. The lowest BCUT2D eigenvalue weighted by molar-refractivity contribution is 0.551. The molecule has 9 heavy (non-hydrogen) atoms. The van der Waals surface area contributed by atoms with Crippen LogP contribution in [0.25, 0.3) is 0 Å². The Kier molecular flexibility index (Phi) is 3.23. The Morgan fingerprint density at radius 1 is 1.33 bits per heavy atom. The Morgan fingerprint density at radius 2 is 1.78 bits per heavy atom. The van der Waals surface area contributed by atoms with Crippen LogP contribution in [0.4, 0.5) is 0 Å². The summed E-state index contributed by atoms with van der Waals surface area (Å²) in [5.74, 6) is 0. The fourth-order valence-corrected chi connectivity index (χ4v) is 1.24. The first kappa shape index (κ1) is 8.99. The van der Waals surface area contributed by atoms with E-state index in [4.69, 9.17) is 5.73 Å². The molecule has 1 aliphatic rings. The van der Waals surface area contributed by atoms with Crippen molar-refractivity contribution >= 4 is 12.4 Å². The molecule has 1 saturated carbocycles. The topological polar surface area (TPSA) is 26.0 Å². The first-order chi connectivity index (χ1) is 3.77. The van der Waals surface area contributed by atoms with Crippen LogP contribution in [0.1, 0.15) is 25.7 Å². The van der Waals surface area contributed by atoms with Crippen molar-refractivity contribution in [3.63, 3.8) is 0 Å². The quantitative estimate of drug-likeness (QED) is 0.563. The highest BCUT2D eigenvalue weighted by Gasteiger charge is 2.24. The van der Waals surface area contributed by atoms with Crippen molar-refractivity contribution in [3.05, 3.63) is 12.7 Å². The minimum atomic E-state index is 0. The van der Waals surface area contributed by atoms with Crippen molar-refractivity contribution in [1.82, 2.24) is 0 Å². The standard InChI is InChI=1S/C7H13N.ClH/c1-2-7(8)5-3-4-6-7;/h2H,1,3-6,8H2;1H. The Balaban J connectivity index is 0.000000640. The van der Waals surface area contributed by atoms with Crippen molar-refractivity contribution in [2.75, 3.05) is 0 Å². The van der Waals surface area contributed by atoms with E-state index < -0.39 is 0 Å². The summed E-state index contributed by atoms with van der Waals surface area (Å²) >= 11 is 0. The summed E-state index contributed by atoms with van der Waals surface area (Å²) in [6, 6.07) is 0. The molecule has 0 atom stereocenters. The SMILES string of the molecule is C=CC1(N)CCCC1.Cl. The van der Waals surface area contributed by atoms with E-state index in [1.165, 1.54) is 12.8 Å². The molecule has 54 valence electrons. The van der Waals surface area contributed by atoms with Gasteiger partial charge in [-0.2, -0.15) is 0 Å². The zero-order chi connectivity index (χ0) is 6.04. The van der Waals surface area contributed by atoms with E-state index in [1.54, 1.807) is 0 Å². The molecule has 0 bridgehead atoms. The number of hydrogen-bond acceptors (Lipinski definition) is 1. The molecule has 1 aliphatic carbocycles. The molecule has 0 amide bonds. The molecule has 0 aliphatic heterocycles. The van der Waals surface area contributed by atoms with Gasteiger partial charge >= 0.3 is 0 Å². The van der Waals surface area contributed by atoms with Gasteiger partial charge in [-0.15, -0.1) is 19.0 Å². The van der Waals surface area contributed by atoms with Crippen molar-refractivity contribution in [2.45, 2.75) is 31.2 Å². The van der Waals surface area contributed by atoms with Crippen molar-refractivity contribution in [3.8, 4) is 0 Å². The maximum atomic E-state index is 5.84. The summed E-state index contributed by atoms with van der Waals surface area (Å²) in [5, 5.41) is 0. The molecule has 1 nitrogen and oxygen atoms in total. The van der Waals surface area contributed by atoms with Gasteiger partial charge in [-0.05, 0) is 12.8 Å². The Morgan fingerprint density at radius 3 is 2.00 bits per heavy atom. The lowest BCUT2D eigenvalue weighted by Gasteiger charge is -2.16. The van der Waals surface area contributed by atoms with Gasteiger partial charge in [0.05, 0.1) is 0 Å². The molecule has 1 fully saturated rings. The summed E-state index contributed by atoms with van der Waals surface area (Å²) in [6.07, 6.45) is 6.72. The fourth-order valence-electron chi connectivity index (χ4n) is 1.24. The molecule has 0 radical (unpaired) electrons. The second kappa shape index (κ2) is 3.23. The van der Waals surface area contributed by atoms with Crippen LogP contribution in [0.5, 0.6) is 0 Å². The maximum Gasteiger partial charge on any atom is 0.0336 e. The molecule has 2 N–H and O–H groups in total. The third kappa shape index (κ3) is 1.99. The lowest BCUT2D eigenvalue weighted by Crippen LogP contribution is -2.32. The smallest absolute Gasteiger partial charge is 0.0336 e. The number of nitrogens with two attached hydrogens (primary N) is 1. The van der Waals surface area contributed by atoms with Gasteiger partial charge in [0, 0.05) is 5.54 Å². The minimum absolute atomic E-state index is 0. The maximum absolute atomic E-state index is 5.84. The van der Waals surface area contributed by atoms with Crippen LogP contribution in [0.2, 0.25) is 0 Å². The highest BCUT2D eigenvalue weighted by molar-refractivity contribution is 5.85. The van der Waals surface area contributed by atoms with Gasteiger partial charge in [-0.3, -0.25) is 0 Å². The van der Waals surface area contributed by atoms with Crippen LogP contribution in [0.3, 0.4) is 0 Å². The van der Waals surface area contributed by atoms with Gasteiger partial charge in [0.2, 0.25) is 0 Å². The van der Waals surface area contributed by atoms with Crippen LogP contribution in [-0.4, -0.2) is 5.54 Å².